The van der Waals surface area contributed by atoms with Crippen molar-refractivity contribution in [1.29, 1.82) is 0 Å². The lowest BCUT2D eigenvalue weighted by Gasteiger charge is -2.32. The van der Waals surface area contributed by atoms with E-state index < -0.39 is 36.6 Å². The van der Waals surface area contributed by atoms with Crippen molar-refractivity contribution in [3.8, 4) is 34.2 Å². The Hall–Kier alpha value is -3.36. The zero-order valence-electron chi connectivity index (χ0n) is 25.6. The van der Waals surface area contributed by atoms with E-state index in [1.54, 1.807) is 0 Å². The molecule has 0 amide bonds. The maximum Gasteiger partial charge on any atom is 0.494 e. The smallest absolute Gasteiger partial charge is 0.399 e. The van der Waals surface area contributed by atoms with Gasteiger partial charge in [-0.15, -0.1) is 0 Å². The first-order valence-electron chi connectivity index (χ1n) is 14.5. The van der Waals surface area contributed by atoms with Crippen LogP contribution in [0.15, 0.2) is 78.9 Å². The Morgan fingerprint density at radius 2 is 0.762 bits per heavy atom. The number of benzene rings is 3. The molecule has 0 bridgehead atoms. The van der Waals surface area contributed by atoms with Crippen molar-refractivity contribution in [1.82, 2.24) is 15.0 Å². The summed E-state index contributed by atoms with van der Waals surface area (Å²) in [5.41, 5.74) is 2.71. The molecule has 0 atom stereocenters. The third-order valence-corrected chi connectivity index (χ3v) is 9.01. The van der Waals surface area contributed by atoms with Crippen molar-refractivity contribution in [3.05, 3.63) is 78.9 Å². The van der Waals surface area contributed by atoms with E-state index in [1.807, 2.05) is 78.9 Å². The highest BCUT2D eigenvalue weighted by Crippen LogP contribution is 2.38. The summed E-state index contributed by atoms with van der Waals surface area (Å²) in [7, 11) is -0.970. The second-order valence-electron chi connectivity index (χ2n) is 13.1. The van der Waals surface area contributed by atoms with Gasteiger partial charge in [0.1, 0.15) is 0 Å². The minimum absolute atomic E-state index is 0.434. The molecular formula is C33H37B2N3O4. The molecule has 0 unspecified atom stereocenters. The van der Waals surface area contributed by atoms with Gasteiger partial charge in [0.05, 0.1) is 22.4 Å². The van der Waals surface area contributed by atoms with Crippen molar-refractivity contribution in [2.75, 3.05) is 0 Å². The maximum atomic E-state index is 6.32. The zero-order valence-corrected chi connectivity index (χ0v) is 25.6. The largest absolute Gasteiger partial charge is 0.494 e. The van der Waals surface area contributed by atoms with Gasteiger partial charge in [-0.25, -0.2) is 15.0 Å². The van der Waals surface area contributed by atoms with Gasteiger partial charge in [0.2, 0.25) is 0 Å². The predicted octanol–water partition coefficient (Wildman–Crippen LogP) is 5.47. The lowest BCUT2D eigenvalue weighted by Crippen LogP contribution is -2.41. The first-order valence-corrected chi connectivity index (χ1v) is 14.5. The van der Waals surface area contributed by atoms with E-state index in [1.165, 1.54) is 0 Å². The summed E-state index contributed by atoms with van der Waals surface area (Å²) < 4.78 is 25.3. The van der Waals surface area contributed by atoms with Crippen LogP contribution >= 0.6 is 0 Å². The minimum atomic E-state index is -0.485. The van der Waals surface area contributed by atoms with E-state index in [0.29, 0.717) is 17.5 Å². The van der Waals surface area contributed by atoms with E-state index in [0.717, 1.165) is 27.6 Å². The van der Waals surface area contributed by atoms with Gasteiger partial charge < -0.3 is 18.6 Å². The van der Waals surface area contributed by atoms with Gasteiger partial charge in [-0.2, -0.15) is 0 Å². The van der Waals surface area contributed by atoms with Crippen LogP contribution in [0, 0.1) is 0 Å². The van der Waals surface area contributed by atoms with Gasteiger partial charge in [0, 0.05) is 16.7 Å². The molecule has 3 heterocycles. The molecule has 0 N–H and O–H groups in total. The molecular weight excluding hydrogens is 524 g/mol. The first-order chi connectivity index (χ1) is 19.7. The van der Waals surface area contributed by atoms with Crippen LogP contribution in [0.1, 0.15) is 55.4 Å². The second-order valence-corrected chi connectivity index (χ2v) is 13.1. The number of hydrogen-bond acceptors (Lipinski definition) is 7. The highest BCUT2D eigenvalue weighted by Gasteiger charge is 2.52. The summed E-state index contributed by atoms with van der Waals surface area (Å²) in [5, 5.41) is 0. The molecule has 2 saturated heterocycles. The van der Waals surface area contributed by atoms with E-state index in [-0.39, 0.29) is 0 Å². The highest BCUT2D eigenvalue weighted by atomic mass is 16.7. The molecule has 4 aromatic rings. The minimum Gasteiger partial charge on any atom is -0.399 e. The molecule has 6 rings (SSSR count). The Morgan fingerprint density at radius 1 is 0.429 bits per heavy atom. The summed E-state index contributed by atoms with van der Waals surface area (Å²) in [6, 6.07) is 26.0. The van der Waals surface area contributed by atoms with Crippen molar-refractivity contribution >= 4 is 25.2 Å². The SMILES string of the molecule is CC1(C)OB(c2cccc(-c3nc(-c4ccccc4)nc(-c4cccc(B5OC(C)(C)C(C)(C)O5)c4)n3)c2)OC1(C)C. The molecule has 2 aliphatic heterocycles. The lowest BCUT2D eigenvalue weighted by molar-refractivity contribution is 0.00578. The Kier molecular flexibility index (Phi) is 6.93. The molecule has 7 nitrogen and oxygen atoms in total. The van der Waals surface area contributed by atoms with Crippen molar-refractivity contribution < 1.29 is 18.6 Å². The van der Waals surface area contributed by atoms with Crippen LogP contribution in [-0.4, -0.2) is 51.6 Å². The fourth-order valence-corrected chi connectivity index (χ4v) is 4.96. The van der Waals surface area contributed by atoms with Crippen LogP contribution in [0.5, 0.6) is 0 Å². The quantitative estimate of drug-likeness (QED) is 0.299. The number of rotatable bonds is 5. The van der Waals surface area contributed by atoms with Gasteiger partial charge in [0.25, 0.3) is 0 Å². The van der Waals surface area contributed by atoms with Crippen LogP contribution in [0.25, 0.3) is 34.2 Å². The summed E-state index contributed by atoms with van der Waals surface area (Å²) in [6.45, 7) is 16.4. The van der Waals surface area contributed by atoms with Crippen LogP contribution in [0.4, 0.5) is 0 Å². The van der Waals surface area contributed by atoms with E-state index >= 15 is 0 Å². The summed E-state index contributed by atoms with van der Waals surface area (Å²) in [5.74, 6) is 1.73. The van der Waals surface area contributed by atoms with Gasteiger partial charge in [-0.1, -0.05) is 78.9 Å². The third kappa shape index (κ3) is 5.20. The number of hydrogen-bond donors (Lipinski definition) is 0. The zero-order chi connectivity index (χ0) is 29.9. The number of nitrogens with zero attached hydrogens (tertiary/aromatic N) is 3. The Balaban J connectivity index is 1.41. The average molecular weight is 561 g/mol. The van der Waals surface area contributed by atoms with Gasteiger partial charge >= 0.3 is 14.2 Å². The van der Waals surface area contributed by atoms with Crippen molar-refractivity contribution in [2.24, 2.45) is 0 Å². The lowest BCUT2D eigenvalue weighted by atomic mass is 9.78. The molecule has 214 valence electrons. The molecule has 1 aromatic heterocycles. The Bertz CT molecular complexity index is 1500. The topological polar surface area (TPSA) is 75.6 Å². The first kappa shape index (κ1) is 28.7. The third-order valence-electron chi connectivity index (χ3n) is 9.01. The van der Waals surface area contributed by atoms with Crippen molar-refractivity contribution in [2.45, 2.75) is 77.8 Å². The van der Waals surface area contributed by atoms with E-state index in [9.17, 15) is 0 Å². The highest BCUT2D eigenvalue weighted by molar-refractivity contribution is 6.62. The van der Waals surface area contributed by atoms with Crippen molar-refractivity contribution in [3.63, 3.8) is 0 Å². The molecule has 9 heteroatoms. The normalized spacial score (nSPS) is 20.2. The van der Waals surface area contributed by atoms with Gasteiger partial charge in [0.15, 0.2) is 17.5 Å². The predicted molar refractivity (Wildman–Crippen MR) is 168 cm³/mol. The van der Waals surface area contributed by atoms with Crippen LogP contribution in [0.3, 0.4) is 0 Å². The molecule has 0 aliphatic carbocycles. The molecule has 2 aliphatic rings. The summed E-state index contributed by atoms with van der Waals surface area (Å²) in [6.07, 6.45) is 0. The number of aromatic nitrogens is 3. The standard InChI is InChI=1S/C33H37B2N3O4/c1-30(2)31(3,4)40-34(39-30)25-18-12-16-23(20-25)28-36-27(22-14-10-9-11-15-22)37-29(38-28)24-17-13-19-26(21-24)35-41-32(5,6)33(7,8)42-35/h9-21H,1-8H3. The van der Waals surface area contributed by atoms with Gasteiger partial charge in [-0.3, -0.25) is 0 Å². The maximum absolute atomic E-state index is 6.32. The summed E-state index contributed by atoms with van der Waals surface area (Å²) in [4.78, 5) is 14.8. The molecule has 0 radical (unpaired) electrons. The van der Waals surface area contributed by atoms with Crippen LogP contribution in [-0.2, 0) is 18.6 Å². The fraction of sp³-hybridized carbons (Fsp3) is 0.364. The fourth-order valence-electron chi connectivity index (χ4n) is 4.96. The summed E-state index contributed by atoms with van der Waals surface area (Å²) >= 11 is 0. The van der Waals surface area contributed by atoms with E-state index in [2.05, 4.69) is 55.4 Å². The Labute approximate surface area is 249 Å². The molecule has 0 spiro atoms. The molecule has 3 aromatic carbocycles. The average Bonchev–Trinajstić information content (AvgIpc) is 3.33. The van der Waals surface area contributed by atoms with Gasteiger partial charge in [-0.05, 0) is 66.3 Å². The van der Waals surface area contributed by atoms with E-state index in [4.69, 9.17) is 33.6 Å². The molecule has 42 heavy (non-hydrogen) atoms. The van der Waals surface area contributed by atoms with Crippen LogP contribution < -0.4 is 10.9 Å². The molecule has 2 fully saturated rings. The van der Waals surface area contributed by atoms with Crippen LogP contribution in [0.2, 0.25) is 0 Å². The molecule has 0 saturated carbocycles. The monoisotopic (exact) mass is 561 g/mol. The second kappa shape index (κ2) is 10.1. The Morgan fingerprint density at radius 3 is 1.14 bits per heavy atom.